The number of carbonyl (C=O) groups excluding carboxylic acids is 2. The number of nitrogens with zero attached hydrogens (tertiary/aromatic N) is 1. The van der Waals surface area contributed by atoms with Crippen molar-refractivity contribution in [3.05, 3.63) is 22.6 Å². The molecule has 5 heteroatoms. The predicted molar refractivity (Wildman–Crippen MR) is 77.4 cm³/mol. The van der Waals surface area contributed by atoms with Gasteiger partial charge >= 0.3 is 0 Å². The maximum absolute atomic E-state index is 12.5. The summed E-state index contributed by atoms with van der Waals surface area (Å²) in [7, 11) is 0. The fraction of sp³-hybridized carbons (Fsp3) is 0.600. The van der Waals surface area contributed by atoms with Crippen LogP contribution < -0.4 is 0 Å². The first-order valence-electron chi connectivity index (χ1n) is 7.26. The van der Waals surface area contributed by atoms with Gasteiger partial charge in [0, 0.05) is 24.9 Å². The lowest BCUT2D eigenvalue weighted by Crippen LogP contribution is -2.43. The van der Waals surface area contributed by atoms with Gasteiger partial charge in [0.25, 0.3) is 5.91 Å². The van der Waals surface area contributed by atoms with Gasteiger partial charge in [-0.3, -0.25) is 9.59 Å². The molecule has 1 saturated heterocycles. The molecule has 1 saturated carbocycles. The number of carbonyl (C=O) groups is 2. The normalized spacial score (nSPS) is 27.1. The van der Waals surface area contributed by atoms with E-state index in [4.69, 9.17) is 4.42 Å². The van der Waals surface area contributed by atoms with E-state index < -0.39 is 0 Å². The van der Waals surface area contributed by atoms with Crippen LogP contribution in [0.25, 0.3) is 0 Å². The number of amides is 1. The van der Waals surface area contributed by atoms with Crippen LogP contribution in [0.4, 0.5) is 0 Å². The molecule has 0 aromatic carbocycles. The van der Waals surface area contributed by atoms with Crippen molar-refractivity contribution in [2.24, 2.45) is 5.92 Å². The molecule has 2 aliphatic rings. The van der Waals surface area contributed by atoms with E-state index >= 15 is 0 Å². The number of likely N-dealkylation sites (tertiary alicyclic amines) is 1. The van der Waals surface area contributed by atoms with Gasteiger partial charge in [0.2, 0.25) is 0 Å². The third-order valence-electron chi connectivity index (χ3n) is 4.41. The molecule has 2 atom stereocenters. The third-order valence-corrected chi connectivity index (χ3v) is 4.84. The molecule has 108 valence electrons. The van der Waals surface area contributed by atoms with Crippen LogP contribution in [0.5, 0.6) is 0 Å². The summed E-state index contributed by atoms with van der Waals surface area (Å²) >= 11 is 3.22. The summed E-state index contributed by atoms with van der Waals surface area (Å²) in [5, 5.41) is 0. The molecule has 3 rings (SSSR count). The number of Topliss-reactive ketones (excluding diaryl/α,β-unsaturated/α-hetero) is 1. The van der Waals surface area contributed by atoms with Crippen LogP contribution in [0, 0.1) is 5.92 Å². The smallest absolute Gasteiger partial charge is 0.289 e. The molecule has 1 aliphatic carbocycles. The van der Waals surface area contributed by atoms with Crippen molar-refractivity contribution in [1.29, 1.82) is 0 Å². The SMILES string of the molecule is O=C1CCCCC1C1CCCN1C(=O)c1ccc(Br)o1. The molecule has 1 aromatic rings. The Balaban J connectivity index is 1.78. The zero-order valence-corrected chi connectivity index (χ0v) is 12.9. The molecule has 0 radical (unpaired) electrons. The Bertz CT molecular complexity index is 525. The number of hydrogen-bond acceptors (Lipinski definition) is 3. The average Bonchev–Trinajstić information content (AvgIpc) is 3.07. The number of halogens is 1. The quantitative estimate of drug-likeness (QED) is 0.829. The predicted octanol–water partition coefficient (Wildman–Crippen LogP) is 3.41. The van der Waals surface area contributed by atoms with E-state index in [0.29, 0.717) is 22.6 Å². The number of rotatable bonds is 2. The van der Waals surface area contributed by atoms with Crippen molar-refractivity contribution in [1.82, 2.24) is 4.90 Å². The average molecular weight is 340 g/mol. The molecule has 0 spiro atoms. The van der Waals surface area contributed by atoms with Crippen molar-refractivity contribution in [3.63, 3.8) is 0 Å². The lowest BCUT2D eigenvalue weighted by Gasteiger charge is -2.32. The maximum atomic E-state index is 12.5. The van der Waals surface area contributed by atoms with Crippen molar-refractivity contribution >= 4 is 27.6 Å². The summed E-state index contributed by atoms with van der Waals surface area (Å²) in [4.78, 5) is 26.5. The van der Waals surface area contributed by atoms with Gasteiger partial charge in [-0.2, -0.15) is 0 Å². The molecule has 0 bridgehead atoms. The van der Waals surface area contributed by atoms with Crippen molar-refractivity contribution in [3.8, 4) is 0 Å². The second-order valence-corrected chi connectivity index (χ2v) is 6.41. The van der Waals surface area contributed by atoms with Gasteiger partial charge in [-0.15, -0.1) is 0 Å². The summed E-state index contributed by atoms with van der Waals surface area (Å²) in [6.07, 6.45) is 5.61. The summed E-state index contributed by atoms with van der Waals surface area (Å²) < 4.78 is 5.92. The fourth-order valence-electron chi connectivity index (χ4n) is 3.45. The summed E-state index contributed by atoms with van der Waals surface area (Å²) in [5.74, 6) is 0.638. The van der Waals surface area contributed by atoms with E-state index in [1.54, 1.807) is 12.1 Å². The number of ketones is 1. The van der Waals surface area contributed by atoms with E-state index in [1.807, 2.05) is 4.90 Å². The van der Waals surface area contributed by atoms with Gasteiger partial charge < -0.3 is 9.32 Å². The first-order valence-corrected chi connectivity index (χ1v) is 8.05. The first kappa shape index (κ1) is 13.9. The molecule has 1 amide bonds. The zero-order chi connectivity index (χ0) is 14.1. The molecular weight excluding hydrogens is 322 g/mol. The fourth-order valence-corrected chi connectivity index (χ4v) is 3.76. The van der Waals surface area contributed by atoms with Crippen LogP contribution in [-0.4, -0.2) is 29.2 Å². The van der Waals surface area contributed by atoms with Crippen LogP contribution in [0.1, 0.15) is 49.1 Å². The summed E-state index contributed by atoms with van der Waals surface area (Å²) in [5.41, 5.74) is 0. The summed E-state index contributed by atoms with van der Waals surface area (Å²) in [6.45, 7) is 0.728. The number of hydrogen-bond donors (Lipinski definition) is 0. The van der Waals surface area contributed by atoms with E-state index in [1.165, 1.54) is 0 Å². The highest BCUT2D eigenvalue weighted by Gasteiger charge is 2.39. The van der Waals surface area contributed by atoms with Crippen LogP contribution in [0.3, 0.4) is 0 Å². The third kappa shape index (κ3) is 2.55. The van der Waals surface area contributed by atoms with E-state index in [-0.39, 0.29) is 17.9 Å². The highest BCUT2D eigenvalue weighted by Crippen LogP contribution is 2.33. The van der Waals surface area contributed by atoms with Gasteiger partial charge in [0.05, 0.1) is 0 Å². The Morgan fingerprint density at radius 3 is 2.80 bits per heavy atom. The van der Waals surface area contributed by atoms with Gasteiger partial charge in [-0.25, -0.2) is 0 Å². The molecule has 4 nitrogen and oxygen atoms in total. The Hall–Kier alpha value is -1.10. The lowest BCUT2D eigenvalue weighted by molar-refractivity contribution is -0.126. The molecule has 20 heavy (non-hydrogen) atoms. The first-order chi connectivity index (χ1) is 9.66. The van der Waals surface area contributed by atoms with Crippen molar-refractivity contribution in [2.75, 3.05) is 6.54 Å². The number of furan rings is 1. The van der Waals surface area contributed by atoms with Gasteiger partial charge in [-0.1, -0.05) is 6.42 Å². The second-order valence-electron chi connectivity index (χ2n) is 5.63. The van der Waals surface area contributed by atoms with Crippen molar-refractivity contribution in [2.45, 2.75) is 44.6 Å². The Kier molecular flexibility index (Phi) is 3.96. The molecule has 0 N–H and O–H groups in total. The Morgan fingerprint density at radius 1 is 1.25 bits per heavy atom. The standard InChI is InChI=1S/C15H18BrNO3/c16-14-8-7-13(20-14)15(19)17-9-3-5-11(17)10-4-1-2-6-12(10)18/h7-8,10-11H,1-6,9H2. The minimum Gasteiger partial charge on any atom is -0.444 e. The van der Waals surface area contributed by atoms with Crippen LogP contribution in [0.15, 0.2) is 21.2 Å². The van der Waals surface area contributed by atoms with Crippen LogP contribution in [0.2, 0.25) is 0 Å². The highest BCUT2D eigenvalue weighted by atomic mass is 79.9. The van der Waals surface area contributed by atoms with Gasteiger partial charge in [0.1, 0.15) is 5.78 Å². The lowest BCUT2D eigenvalue weighted by atomic mass is 9.82. The van der Waals surface area contributed by atoms with Crippen LogP contribution >= 0.6 is 15.9 Å². The van der Waals surface area contributed by atoms with Crippen molar-refractivity contribution < 1.29 is 14.0 Å². The van der Waals surface area contributed by atoms with Gasteiger partial charge in [0.15, 0.2) is 10.4 Å². The molecule has 2 fully saturated rings. The highest BCUT2D eigenvalue weighted by molar-refractivity contribution is 9.10. The summed E-state index contributed by atoms with van der Waals surface area (Å²) in [6, 6.07) is 3.48. The molecule has 1 aliphatic heterocycles. The second kappa shape index (κ2) is 5.72. The van der Waals surface area contributed by atoms with E-state index in [2.05, 4.69) is 15.9 Å². The topological polar surface area (TPSA) is 50.5 Å². The Morgan fingerprint density at radius 2 is 2.10 bits per heavy atom. The Labute approximate surface area is 126 Å². The zero-order valence-electron chi connectivity index (χ0n) is 11.3. The molecule has 2 heterocycles. The molecule has 2 unspecified atom stereocenters. The van der Waals surface area contributed by atoms with E-state index in [0.717, 1.165) is 38.6 Å². The molecular formula is C15H18BrNO3. The largest absolute Gasteiger partial charge is 0.444 e. The van der Waals surface area contributed by atoms with Crippen LogP contribution in [-0.2, 0) is 4.79 Å². The van der Waals surface area contributed by atoms with Gasteiger partial charge in [-0.05, 0) is 53.7 Å². The monoisotopic (exact) mass is 339 g/mol. The maximum Gasteiger partial charge on any atom is 0.289 e. The van der Waals surface area contributed by atoms with E-state index in [9.17, 15) is 9.59 Å². The molecule has 1 aromatic heterocycles. The minimum absolute atomic E-state index is 0.0357. The minimum atomic E-state index is -0.0865.